The molecule has 20 heavy (non-hydrogen) atoms. The lowest BCUT2D eigenvalue weighted by Crippen LogP contribution is -2.42. The van der Waals surface area contributed by atoms with Gasteiger partial charge in [0.05, 0.1) is 17.1 Å². The van der Waals surface area contributed by atoms with Crippen LogP contribution in [0.1, 0.15) is 51.9 Å². The van der Waals surface area contributed by atoms with Gasteiger partial charge in [-0.15, -0.1) is 0 Å². The van der Waals surface area contributed by atoms with Gasteiger partial charge < -0.3 is 4.98 Å². The van der Waals surface area contributed by atoms with E-state index in [9.17, 15) is 0 Å². The van der Waals surface area contributed by atoms with Gasteiger partial charge in [0, 0.05) is 6.04 Å². The van der Waals surface area contributed by atoms with Crippen LogP contribution in [0.5, 0.6) is 0 Å². The van der Waals surface area contributed by atoms with E-state index in [-0.39, 0.29) is 0 Å². The molecule has 1 N–H and O–H groups in total. The number of aromatic nitrogens is 2. The molecule has 0 spiro atoms. The summed E-state index contributed by atoms with van der Waals surface area (Å²) >= 11 is 0. The average Bonchev–Trinajstić information content (AvgIpc) is 2.84. The highest BCUT2D eigenvalue weighted by Gasteiger charge is 2.31. The van der Waals surface area contributed by atoms with Crippen LogP contribution < -0.4 is 0 Å². The molecule has 1 aliphatic heterocycles. The van der Waals surface area contributed by atoms with E-state index in [0.29, 0.717) is 18.0 Å². The van der Waals surface area contributed by atoms with Gasteiger partial charge in [-0.3, -0.25) is 4.90 Å². The van der Waals surface area contributed by atoms with E-state index in [0.717, 1.165) is 16.9 Å². The Morgan fingerprint density at radius 2 is 2.05 bits per heavy atom. The van der Waals surface area contributed by atoms with Gasteiger partial charge in [0.2, 0.25) is 0 Å². The van der Waals surface area contributed by atoms with E-state index in [2.05, 4.69) is 54.9 Å². The number of likely N-dealkylation sites (tertiary alicyclic amines) is 1. The summed E-state index contributed by atoms with van der Waals surface area (Å²) in [6, 6.07) is 9.39. The minimum atomic E-state index is 0.401. The molecule has 1 aliphatic rings. The number of fused-ring (bicyclic) bond motifs is 1. The van der Waals surface area contributed by atoms with Crippen LogP contribution in [-0.4, -0.2) is 27.5 Å². The van der Waals surface area contributed by atoms with E-state index in [1.165, 1.54) is 25.8 Å². The van der Waals surface area contributed by atoms with Crippen LogP contribution in [0.15, 0.2) is 24.3 Å². The maximum absolute atomic E-state index is 4.85. The maximum Gasteiger partial charge on any atom is 0.124 e. The number of hydrogen-bond donors (Lipinski definition) is 1. The number of aromatic amines is 1. The number of H-pyrrole nitrogens is 1. The Morgan fingerprint density at radius 1 is 1.25 bits per heavy atom. The third kappa shape index (κ3) is 2.47. The van der Waals surface area contributed by atoms with Gasteiger partial charge in [0.15, 0.2) is 0 Å². The first kappa shape index (κ1) is 13.6. The van der Waals surface area contributed by atoms with Crippen LogP contribution in [0.3, 0.4) is 0 Å². The predicted molar refractivity (Wildman–Crippen MR) is 83.7 cm³/mol. The van der Waals surface area contributed by atoms with Gasteiger partial charge in [0.1, 0.15) is 5.82 Å². The van der Waals surface area contributed by atoms with Crippen LogP contribution in [0.4, 0.5) is 0 Å². The highest BCUT2D eigenvalue weighted by atomic mass is 15.2. The minimum absolute atomic E-state index is 0.401. The molecule has 0 bridgehead atoms. The molecule has 0 radical (unpaired) electrons. The van der Waals surface area contributed by atoms with Gasteiger partial charge >= 0.3 is 0 Å². The predicted octanol–water partition coefficient (Wildman–Crippen LogP) is 4.13. The van der Waals surface area contributed by atoms with Crippen molar-refractivity contribution < 1.29 is 0 Å². The van der Waals surface area contributed by atoms with E-state index in [4.69, 9.17) is 4.98 Å². The molecule has 2 aromatic rings. The van der Waals surface area contributed by atoms with Crippen molar-refractivity contribution in [3.63, 3.8) is 0 Å². The Morgan fingerprint density at radius 3 is 2.75 bits per heavy atom. The second kappa shape index (κ2) is 5.57. The summed E-state index contributed by atoms with van der Waals surface area (Å²) in [6.07, 6.45) is 3.99. The van der Waals surface area contributed by atoms with Crippen molar-refractivity contribution in [3.05, 3.63) is 30.1 Å². The van der Waals surface area contributed by atoms with Crippen molar-refractivity contribution in [3.8, 4) is 0 Å². The van der Waals surface area contributed by atoms with Crippen LogP contribution in [-0.2, 0) is 0 Å². The quantitative estimate of drug-likeness (QED) is 0.910. The zero-order valence-electron chi connectivity index (χ0n) is 12.8. The standard InChI is InChI=1S/C17H25N3/c1-12(2)16(20-11-7-6-8-13(20)3)17-18-14-9-4-5-10-15(14)19-17/h4-5,9-10,12-13,16H,6-8,11H2,1-3H3,(H,18,19). The number of piperidine rings is 1. The lowest BCUT2D eigenvalue weighted by atomic mass is 9.95. The Hall–Kier alpha value is -1.35. The van der Waals surface area contributed by atoms with Crippen LogP contribution in [0, 0.1) is 5.92 Å². The number of rotatable bonds is 3. The first-order valence-corrected chi connectivity index (χ1v) is 7.87. The number of nitrogens with zero attached hydrogens (tertiary/aromatic N) is 2. The zero-order chi connectivity index (χ0) is 14.1. The van der Waals surface area contributed by atoms with Crippen molar-refractivity contribution in [1.82, 2.24) is 14.9 Å². The largest absolute Gasteiger partial charge is 0.341 e. The number of nitrogens with one attached hydrogen (secondary N) is 1. The van der Waals surface area contributed by atoms with Crippen molar-refractivity contribution >= 4 is 11.0 Å². The molecule has 0 aliphatic carbocycles. The minimum Gasteiger partial charge on any atom is -0.341 e. The highest BCUT2D eigenvalue weighted by Crippen LogP contribution is 2.33. The van der Waals surface area contributed by atoms with Gasteiger partial charge in [-0.05, 0) is 44.4 Å². The zero-order valence-corrected chi connectivity index (χ0v) is 12.8. The Bertz CT molecular complexity index is 539. The van der Waals surface area contributed by atoms with Crippen molar-refractivity contribution in [1.29, 1.82) is 0 Å². The van der Waals surface area contributed by atoms with Crippen LogP contribution in [0.25, 0.3) is 11.0 Å². The molecule has 3 rings (SSSR count). The molecule has 1 aromatic carbocycles. The summed E-state index contributed by atoms with van der Waals surface area (Å²) in [4.78, 5) is 11.0. The molecule has 0 amide bonds. The van der Waals surface area contributed by atoms with Crippen molar-refractivity contribution in [2.75, 3.05) is 6.54 Å². The van der Waals surface area contributed by atoms with Crippen LogP contribution in [0.2, 0.25) is 0 Å². The van der Waals surface area contributed by atoms with E-state index >= 15 is 0 Å². The second-order valence-corrected chi connectivity index (χ2v) is 6.41. The SMILES string of the molecule is CC(C)C(c1nc2ccccc2[nH]1)N1CCCCC1C. The second-order valence-electron chi connectivity index (χ2n) is 6.41. The van der Waals surface area contributed by atoms with E-state index in [1.807, 2.05) is 0 Å². The molecule has 108 valence electrons. The van der Waals surface area contributed by atoms with Gasteiger partial charge in [0.25, 0.3) is 0 Å². The first-order valence-electron chi connectivity index (χ1n) is 7.87. The monoisotopic (exact) mass is 271 g/mol. The fraction of sp³-hybridized carbons (Fsp3) is 0.588. The molecular formula is C17H25N3. The topological polar surface area (TPSA) is 31.9 Å². The molecular weight excluding hydrogens is 246 g/mol. The summed E-state index contributed by atoms with van der Waals surface area (Å²) < 4.78 is 0. The molecule has 1 fully saturated rings. The summed E-state index contributed by atoms with van der Waals surface area (Å²) in [5.74, 6) is 1.70. The average molecular weight is 271 g/mol. The normalized spacial score (nSPS) is 22.5. The third-order valence-electron chi connectivity index (χ3n) is 4.53. The summed E-state index contributed by atoms with van der Waals surface area (Å²) in [7, 11) is 0. The number of benzene rings is 1. The number of imidazole rings is 1. The van der Waals surface area contributed by atoms with Gasteiger partial charge in [-0.25, -0.2) is 4.98 Å². The fourth-order valence-corrected chi connectivity index (χ4v) is 3.50. The lowest BCUT2D eigenvalue weighted by molar-refractivity contribution is 0.0735. The maximum atomic E-state index is 4.85. The summed E-state index contributed by atoms with van der Waals surface area (Å²) in [5, 5.41) is 0. The fourth-order valence-electron chi connectivity index (χ4n) is 3.50. The molecule has 3 heteroatoms. The molecule has 2 unspecified atom stereocenters. The lowest BCUT2D eigenvalue weighted by Gasteiger charge is -2.40. The molecule has 3 nitrogen and oxygen atoms in total. The Labute approximate surface area is 121 Å². The highest BCUT2D eigenvalue weighted by molar-refractivity contribution is 5.74. The van der Waals surface area contributed by atoms with Crippen molar-refractivity contribution in [2.45, 2.75) is 52.1 Å². The third-order valence-corrected chi connectivity index (χ3v) is 4.53. The molecule has 1 aromatic heterocycles. The Balaban J connectivity index is 1.97. The van der Waals surface area contributed by atoms with E-state index < -0.39 is 0 Å². The van der Waals surface area contributed by atoms with Crippen molar-refractivity contribution in [2.24, 2.45) is 5.92 Å². The molecule has 1 saturated heterocycles. The number of para-hydroxylation sites is 2. The molecule has 2 heterocycles. The summed E-state index contributed by atoms with van der Waals surface area (Å²) in [6.45, 7) is 8.16. The summed E-state index contributed by atoms with van der Waals surface area (Å²) in [5.41, 5.74) is 2.23. The molecule has 2 atom stereocenters. The van der Waals surface area contributed by atoms with Gasteiger partial charge in [-0.2, -0.15) is 0 Å². The first-order chi connectivity index (χ1) is 9.66. The Kier molecular flexibility index (Phi) is 3.79. The number of hydrogen-bond acceptors (Lipinski definition) is 2. The smallest absolute Gasteiger partial charge is 0.124 e. The van der Waals surface area contributed by atoms with E-state index in [1.54, 1.807) is 0 Å². The van der Waals surface area contributed by atoms with Gasteiger partial charge in [-0.1, -0.05) is 32.4 Å². The molecule has 0 saturated carbocycles. The van der Waals surface area contributed by atoms with Crippen LogP contribution >= 0.6 is 0 Å².